The van der Waals surface area contributed by atoms with E-state index in [-0.39, 0.29) is 12.5 Å². The maximum atomic E-state index is 11.6. The van der Waals surface area contributed by atoms with Crippen LogP contribution < -0.4 is 10.6 Å². The van der Waals surface area contributed by atoms with Crippen molar-refractivity contribution in [1.82, 2.24) is 15.1 Å². The molecule has 1 aromatic rings. The number of hydrogen-bond donors (Lipinski definition) is 3. The largest absolute Gasteiger partial charge is 0.481 e. The second kappa shape index (κ2) is 7.40. The number of rotatable bonds is 7. The molecule has 7 nitrogen and oxygen atoms in total. The number of amides is 2. The van der Waals surface area contributed by atoms with Crippen molar-refractivity contribution >= 4 is 17.7 Å². The van der Waals surface area contributed by atoms with Gasteiger partial charge >= 0.3 is 12.0 Å². The minimum Gasteiger partial charge on any atom is -0.481 e. The summed E-state index contributed by atoms with van der Waals surface area (Å²) in [5, 5.41) is 18.1. The van der Waals surface area contributed by atoms with Crippen molar-refractivity contribution in [3.05, 3.63) is 11.9 Å². The highest BCUT2D eigenvalue weighted by molar-refractivity contribution is 5.89. The number of hydrogen-bond acceptors (Lipinski definition) is 3. The summed E-state index contributed by atoms with van der Waals surface area (Å²) in [6.07, 6.45) is 3.83. The Hall–Kier alpha value is -2.05. The fourth-order valence-corrected chi connectivity index (χ4v) is 1.67. The van der Waals surface area contributed by atoms with Gasteiger partial charge in [0.05, 0.1) is 11.4 Å². The number of urea groups is 1. The molecule has 19 heavy (non-hydrogen) atoms. The molecule has 2 amide bonds. The summed E-state index contributed by atoms with van der Waals surface area (Å²) in [6.45, 7) is 2.43. The number of carboxylic acid groups (broad SMARTS) is 1. The number of nitrogens with one attached hydrogen (secondary N) is 2. The Labute approximate surface area is 112 Å². The molecule has 0 atom stereocenters. The van der Waals surface area contributed by atoms with E-state index < -0.39 is 5.97 Å². The highest BCUT2D eigenvalue weighted by Gasteiger charge is 2.08. The van der Waals surface area contributed by atoms with Crippen molar-refractivity contribution in [2.75, 3.05) is 11.9 Å². The molecular formula is C12H20N4O3. The van der Waals surface area contributed by atoms with E-state index >= 15 is 0 Å². The molecule has 1 aromatic heterocycles. The Morgan fingerprint density at radius 3 is 2.79 bits per heavy atom. The Kier molecular flexibility index (Phi) is 5.84. The van der Waals surface area contributed by atoms with Gasteiger partial charge in [-0.1, -0.05) is 6.92 Å². The molecule has 7 heteroatoms. The number of carboxylic acids is 1. The average Bonchev–Trinajstić information content (AvgIpc) is 2.68. The zero-order valence-electron chi connectivity index (χ0n) is 11.3. The van der Waals surface area contributed by atoms with Crippen molar-refractivity contribution in [3.63, 3.8) is 0 Å². The number of nitrogens with zero attached hydrogens (tertiary/aromatic N) is 2. The van der Waals surface area contributed by atoms with Gasteiger partial charge in [-0.15, -0.1) is 0 Å². The van der Waals surface area contributed by atoms with Crippen LogP contribution in [0.5, 0.6) is 0 Å². The molecule has 0 fully saturated rings. The topological polar surface area (TPSA) is 96.3 Å². The second-order valence-corrected chi connectivity index (χ2v) is 4.25. The van der Waals surface area contributed by atoms with E-state index in [1.54, 1.807) is 17.9 Å². The first kappa shape index (κ1) is 15.0. The van der Waals surface area contributed by atoms with Crippen molar-refractivity contribution in [2.24, 2.45) is 7.05 Å². The molecule has 1 heterocycles. The molecule has 0 unspecified atom stereocenters. The highest BCUT2D eigenvalue weighted by Crippen LogP contribution is 2.13. The van der Waals surface area contributed by atoms with Crippen molar-refractivity contribution in [1.29, 1.82) is 0 Å². The van der Waals surface area contributed by atoms with Crippen LogP contribution in [-0.4, -0.2) is 33.4 Å². The van der Waals surface area contributed by atoms with Crippen molar-refractivity contribution in [2.45, 2.75) is 32.6 Å². The third-order valence-electron chi connectivity index (χ3n) is 2.59. The quantitative estimate of drug-likeness (QED) is 0.650. The Morgan fingerprint density at radius 1 is 1.42 bits per heavy atom. The maximum absolute atomic E-state index is 11.6. The van der Waals surface area contributed by atoms with E-state index in [9.17, 15) is 9.59 Å². The lowest BCUT2D eigenvalue weighted by Gasteiger charge is -2.06. The van der Waals surface area contributed by atoms with Crippen LogP contribution in [0.2, 0.25) is 0 Å². The number of aliphatic carboxylic acids is 1. The van der Waals surface area contributed by atoms with Crippen LogP contribution in [0.25, 0.3) is 0 Å². The summed E-state index contributed by atoms with van der Waals surface area (Å²) >= 11 is 0. The molecule has 0 aliphatic rings. The predicted octanol–water partition coefficient (Wildman–Crippen LogP) is 1.36. The minimum atomic E-state index is -0.813. The van der Waals surface area contributed by atoms with Gasteiger partial charge < -0.3 is 15.7 Å². The van der Waals surface area contributed by atoms with Crippen molar-refractivity contribution in [3.8, 4) is 0 Å². The van der Waals surface area contributed by atoms with Crippen LogP contribution in [0.15, 0.2) is 6.20 Å². The molecule has 0 aliphatic heterocycles. The second-order valence-electron chi connectivity index (χ2n) is 4.25. The number of anilines is 1. The zero-order chi connectivity index (χ0) is 14.3. The zero-order valence-corrected chi connectivity index (χ0v) is 11.3. The third-order valence-corrected chi connectivity index (χ3v) is 2.59. The number of unbranched alkanes of at least 4 members (excludes halogenated alkanes) is 1. The molecule has 0 bridgehead atoms. The highest BCUT2D eigenvalue weighted by atomic mass is 16.4. The fraction of sp³-hybridized carbons (Fsp3) is 0.583. The molecule has 0 saturated carbocycles. The molecule has 0 aromatic carbocycles. The van der Waals surface area contributed by atoms with E-state index in [1.165, 1.54) is 0 Å². The molecule has 0 aliphatic carbocycles. The van der Waals surface area contributed by atoms with Gasteiger partial charge in [0.2, 0.25) is 0 Å². The SMILES string of the molecule is CCc1nn(C)cc1NC(=O)NCCCCC(=O)O. The lowest BCUT2D eigenvalue weighted by molar-refractivity contribution is -0.137. The Morgan fingerprint density at radius 2 is 2.16 bits per heavy atom. The van der Waals surface area contributed by atoms with E-state index in [4.69, 9.17) is 5.11 Å². The summed E-state index contributed by atoms with van der Waals surface area (Å²) in [7, 11) is 1.80. The first-order valence-electron chi connectivity index (χ1n) is 6.32. The summed E-state index contributed by atoms with van der Waals surface area (Å²) in [5.74, 6) is -0.813. The molecule has 0 saturated heterocycles. The van der Waals surface area contributed by atoms with Crippen LogP contribution in [-0.2, 0) is 18.3 Å². The monoisotopic (exact) mass is 268 g/mol. The van der Waals surface area contributed by atoms with Gasteiger partial charge in [-0.2, -0.15) is 5.10 Å². The number of aromatic nitrogens is 2. The van der Waals surface area contributed by atoms with E-state index in [0.717, 1.165) is 12.1 Å². The van der Waals surface area contributed by atoms with Crippen LogP contribution >= 0.6 is 0 Å². The Balaban J connectivity index is 2.29. The van der Waals surface area contributed by atoms with E-state index in [1.807, 2.05) is 6.92 Å². The number of carbonyl (C=O) groups excluding carboxylic acids is 1. The van der Waals surface area contributed by atoms with Crippen LogP contribution in [0.4, 0.5) is 10.5 Å². The van der Waals surface area contributed by atoms with E-state index in [2.05, 4.69) is 15.7 Å². The van der Waals surface area contributed by atoms with Crippen LogP contribution in [0.3, 0.4) is 0 Å². The summed E-state index contributed by atoms with van der Waals surface area (Å²) in [6, 6.07) is -0.293. The molecule has 0 radical (unpaired) electrons. The number of carbonyl (C=O) groups is 2. The molecule has 1 rings (SSSR count). The predicted molar refractivity (Wildman–Crippen MR) is 71.1 cm³/mol. The van der Waals surface area contributed by atoms with Crippen LogP contribution in [0.1, 0.15) is 31.9 Å². The van der Waals surface area contributed by atoms with Gasteiger partial charge in [-0.05, 0) is 19.3 Å². The Bertz CT molecular complexity index is 442. The standard InChI is InChI=1S/C12H20N4O3/c1-3-9-10(8-16(2)15-9)14-12(19)13-7-5-4-6-11(17)18/h8H,3-7H2,1-2H3,(H,17,18)(H2,13,14,19). The van der Waals surface area contributed by atoms with E-state index in [0.29, 0.717) is 25.1 Å². The van der Waals surface area contributed by atoms with Gasteiger partial charge in [-0.3, -0.25) is 9.48 Å². The van der Waals surface area contributed by atoms with Gasteiger partial charge in [0.25, 0.3) is 0 Å². The lowest BCUT2D eigenvalue weighted by atomic mass is 10.2. The van der Waals surface area contributed by atoms with Gasteiger partial charge in [0.1, 0.15) is 0 Å². The molecule has 0 spiro atoms. The summed E-state index contributed by atoms with van der Waals surface area (Å²) in [5.41, 5.74) is 1.54. The average molecular weight is 268 g/mol. The van der Waals surface area contributed by atoms with Gasteiger partial charge in [-0.25, -0.2) is 4.79 Å². The smallest absolute Gasteiger partial charge is 0.319 e. The third kappa shape index (κ3) is 5.41. The maximum Gasteiger partial charge on any atom is 0.319 e. The number of aryl methyl sites for hydroxylation is 2. The normalized spacial score (nSPS) is 10.2. The van der Waals surface area contributed by atoms with Crippen molar-refractivity contribution < 1.29 is 14.7 Å². The summed E-state index contributed by atoms with van der Waals surface area (Å²) < 4.78 is 1.65. The van der Waals surface area contributed by atoms with Crippen LogP contribution in [0, 0.1) is 0 Å². The summed E-state index contributed by atoms with van der Waals surface area (Å²) in [4.78, 5) is 21.9. The van der Waals surface area contributed by atoms with Gasteiger partial charge in [0.15, 0.2) is 0 Å². The fourth-order valence-electron chi connectivity index (χ4n) is 1.67. The molecule has 3 N–H and O–H groups in total. The molecule has 106 valence electrons. The lowest BCUT2D eigenvalue weighted by Crippen LogP contribution is -2.29. The molecular weight excluding hydrogens is 248 g/mol. The first-order valence-corrected chi connectivity index (χ1v) is 6.32. The minimum absolute atomic E-state index is 0.131. The first-order chi connectivity index (χ1) is 9.02. The van der Waals surface area contributed by atoms with Gasteiger partial charge in [0, 0.05) is 26.2 Å².